The molecular weight excluding hydrogens is 583 g/mol. The van der Waals surface area contributed by atoms with Gasteiger partial charge in [0, 0.05) is 61.1 Å². The summed E-state index contributed by atoms with van der Waals surface area (Å²) < 4.78 is 23.2. The number of halogens is 2. The molecule has 3 amide bonds. The molecule has 248 valence electrons. The number of nitrogens with one attached hydrogen (secondary N) is 3. The Morgan fingerprint density at radius 1 is 1.11 bits per heavy atom. The van der Waals surface area contributed by atoms with Gasteiger partial charge < -0.3 is 25.2 Å². The van der Waals surface area contributed by atoms with Crippen LogP contribution < -0.4 is 16.0 Å². The third-order valence-electron chi connectivity index (χ3n) is 11.8. The Morgan fingerprint density at radius 3 is 2.66 bits per heavy atom. The fraction of sp³-hybridized carbons (Fsp3) is 0.879. The van der Waals surface area contributed by atoms with Crippen molar-refractivity contribution < 1.29 is 18.7 Å². The number of fused-ring (bicyclic) bond motifs is 5. The molecule has 5 aliphatic heterocycles. The number of alkyl halides is 2. The highest BCUT2D eigenvalue weighted by molar-refractivity contribution is 6.20. The zero-order valence-electron chi connectivity index (χ0n) is 27.0. The Bertz CT molecular complexity index is 1070. The molecule has 11 unspecified atom stereocenters. The van der Waals surface area contributed by atoms with Crippen LogP contribution in [-0.2, 0) is 9.53 Å². The monoisotopic (exact) mass is 636 g/mol. The number of rotatable bonds is 3. The molecule has 5 heterocycles. The second-order valence-corrected chi connectivity index (χ2v) is 15.3. The molecular formula is C33H54ClFN6O3. The number of nitrogens with zero attached hydrogens (tertiary/aromatic N) is 3. The zero-order chi connectivity index (χ0) is 31.3. The molecule has 1 saturated carbocycles. The van der Waals surface area contributed by atoms with Gasteiger partial charge in [-0.05, 0) is 83.2 Å². The average molecular weight is 637 g/mol. The van der Waals surface area contributed by atoms with Gasteiger partial charge in [0.15, 0.2) is 0 Å². The van der Waals surface area contributed by atoms with E-state index in [0.29, 0.717) is 38.0 Å². The van der Waals surface area contributed by atoms with Crippen LogP contribution in [0.25, 0.3) is 0 Å². The van der Waals surface area contributed by atoms with E-state index in [0.717, 1.165) is 45.1 Å². The topological polar surface area (TPSA) is 89.2 Å². The summed E-state index contributed by atoms with van der Waals surface area (Å²) >= 11 is 7.02. The molecule has 0 radical (unpaired) electrons. The summed E-state index contributed by atoms with van der Waals surface area (Å²) in [4.78, 5) is 33.4. The summed E-state index contributed by atoms with van der Waals surface area (Å²) in [6.07, 6.45) is 5.48. The highest BCUT2D eigenvalue weighted by Gasteiger charge is 2.57. The van der Waals surface area contributed by atoms with Crippen molar-refractivity contribution in [1.29, 1.82) is 0 Å². The first kappa shape index (κ1) is 32.5. The van der Waals surface area contributed by atoms with Crippen molar-refractivity contribution in [1.82, 2.24) is 30.7 Å². The van der Waals surface area contributed by atoms with Crippen LogP contribution in [0.15, 0.2) is 12.7 Å². The second-order valence-electron chi connectivity index (χ2n) is 14.8. The number of ether oxygens (including phenoxy) is 1. The lowest BCUT2D eigenvalue weighted by Crippen LogP contribution is -2.80. The summed E-state index contributed by atoms with van der Waals surface area (Å²) in [6, 6.07) is -0.506. The first-order valence-corrected chi connectivity index (χ1v) is 17.7. The Morgan fingerprint density at radius 2 is 1.91 bits per heavy atom. The Balaban J connectivity index is 1.38. The number of amides is 3. The van der Waals surface area contributed by atoms with E-state index in [1.54, 1.807) is 0 Å². The van der Waals surface area contributed by atoms with E-state index in [1.165, 1.54) is 6.08 Å². The van der Waals surface area contributed by atoms with Crippen molar-refractivity contribution in [3.8, 4) is 0 Å². The quantitative estimate of drug-likeness (QED) is 0.324. The van der Waals surface area contributed by atoms with E-state index in [4.69, 9.17) is 16.3 Å². The van der Waals surface area contributed by atoms with Gasteiger partial charge in [-0.25, -0.2) is 9.18 Å². The fourth-order valence-corrected chi connectivity index (χ4v) is 10.2. The van der Waals surface area contributed by atoms with Gasteiger partial charge in [-0.1, -0.05) is 20.4 Å². The van der Waals surface area contributed by atoms with Gasteiger partial charge in [0.05, 0.1) is 24.5 Å². The summed E-state index contributed by atoms with van der Waals surface area (Å²) in [5.74, 6) is 0.248. The minimum absolute atomic E-state index is 0.00941. The molecule has 0 aromatic rings. The van der Waals surface area contributed by atoms with Crippen molar-refractivity contribution in [2.45, 2.75) is 133 Å². The van der Waals surface area contributed by atoms with Crippen molar-refractivity contribution >= 4 is 23.5 Å². The SMILES string of the molecule is C=CC(=O)N1C[C@H](C)N(C2NC(=O)N3C4NC(C(F)CC42)C2C(Cl)CCCC2OCCCC2CCNC(C(C)C)C23)C[C@H]1C. The Labute approximate surface area is 268 Å². The number of carbonyl (C=O) groups excluding carboxylic acids is 2. The van der Waals surface area contributed by atoms with Gasteiger partial charge in [0.2, 0.25) is 5.91 Å². The number of piperazine rings is 1. The Kier molecular flexibility index (Phi) is 9.85. The molecule has 0 spiro atoms. The fourth-order valence-electron chi connectivity index (χ4n) is 9.68. The van der Waals surface area contributed by atoms with Gasteiger partial charge in [0.1, 0.15) is 6.17 Å². The lowest BCUT2D eigenvalue weighted by atomic mass is 9.72. The van der Waals surface area contributed by atoms with Crippen LogP contribution in [0.4, 0.5) is 9.18 Å². The van der Waals surface area contributed by atoms with Crippen molar-refractivity contribution in [2.24, 2.45) is 23.7 Å². The number of urea groups is 1. The maximum atomic E-state index is 16.7. The number of piperidine rings is 2. The summed E-state index contributed by atoms with van der Waals surface area (Å²) in [7, 11) is 0. The van der Waals surface area contributed by atoms with Crippen LogP contribution in [0.5, 0.6) is 0 Å². The van der Waals surface area contributed by atoms with Crippen LogP contribution in [0.2, 0.25) is 0 Å². The van der Waals surface area contributed by atoms with E-state index >= 15 is 4.39 Å². The predicted molar refractivity (Wildman–Crippen MR) is 170 cm³/mol. The van der Waals surface area contributed by atoms with Gasteiger partial charge >= 0.3 is 6.03 Å². The van der Waals surface area contributed by atoms with Crippen molar-refractivity contribution in [3.05, 3.63) is 12.7 Å². The molecule has 1 aliphatic carbocycles. The van der Waals surface area contributed by atoms with Gasteiger partial charge in [-0.15, -0.1) is 11.6 Å². The highest BCUT2D eigenvalue weighted by Crippen LogP contribution is 2.44. The van der Waals surface area contributed by atoms with Crippen LogP contribution in [-0.4, -0.2) is 113 Å². The largest absolute Gasteiger partial charge is 0.378 e. The standard InChI is InChI=1S/C33H54ClFN6O3/c1-6-26(42)39-16-20(5)40(17-19(39)4)31-22-15-24(35)29-27-23(34)10-7-11-25(27)44-14-8-9-21-12-13-36-28(18(2)3)30(21)41(32(22)37-29)33(43)38-31/h6,18-25,27-32,36-37H,1,7-17H2,2-5H3,(H,38,43)/t19-,20+,21?,22?,23?,24?,25?,27?,28?,29?,30?,31?,32?/m1/s1. The Hall–Kier alpha value is -1.46. The summed E-state index contributed by atoms with van der Waals surface area (Å²) in [6.45, 7) is 15.0. The molecule has 5 saturated heterocycles. The normalized spacial score (nSPS) is 45.3. The molecule has 3 N–H and O–H groups in total. The zero-order valence-corrected chi connectivity index (χ0v) is 27.7. The molecule has 13 atom stereocenters. The predicted octanol–water partition coefficient (Wildman–Crippen LogP) is 3.68. The van der Waals surface area contributed by atoms with E-state index in [1.807, 2.05) is 11.8 Å². The molecule has 6 fully saturated rings. The third kappa shape index (κ3) is 5.91. The van der Waals surface area contributed by atoms with Gasteiger partial charge in [-0.2, -0.15) is 0 Å². The number of hydrogen-bond donors (Lipinski definition) is 3. The van der Waals surface area contributed by atoms with Gasteiger partial charge in [-0.3, -0.25) is 15.0 Å². The van der Waals surface area contributed by atoms with E-state index in [-0.39, 0.29) is 71.8 Å². The maximum absolute atomic E-state index is 16.7. The van der Waals surface area contributed by atoms with Crippen LogP contribution >= 0.6 is 11.6 Å². The lowest BCUT2D eigenvalue weighted by molar-refractivity contribution is -0.137. The van der Waals surface area contributed by atoms with Crippen molar-refractivity contribution in [2.75, 3.05) is 26.2 Å². The third-order valence-corrected chi connectivity index (χ3v) is 12.3. The van der Waals surface area contributed by atoms with E-state index < -0.39 is 12.2 Å². The van der Waals surface area contributed by atoms with Gasteiger partial charge in [0.25, 0.3) is 0 Å². The van der Waals surface area contributed by atoms with E-state index in [9.17, 15) is 9.59 Å². The minimum atomic E-state index is -1.12. The van der Waals surface area contributed by atoms with E-state index in [2.05, 4.69) is 53.1 Å². The van der Waals surface area contributed by atoms with Crippen molar-refractivity contribution in [3.63, 3.8) is 0 Å². The highest BCUT2D eigenvalue weighted by atomic mass is 35.5. The maximum Gasteiger partial charge on any atom is 0.320 e. The molecule has 0 aromatic heterocycles. The van der Waals surface area contributed by atoms with Crippen LogP contribution in [0.3, 0.4) is 0 Å². The minimum Gasteiger partial charge on any atom is -0.378 e. The molecule has 11 heteroatoms. The second kappa shape index (κ2) is 13.3. The molecule has 9 nitrogen and oxygen atoms in total. The first-order chi connectivity index (χ1) is 21.1. The number of hydrogen-bond acceptors (Lipinski definition) is 6. The molecule has 44 heavy (non-hydrogen) atoms. The lowest BCUT2D eigenvalue weighted by Gasteiger charge is -2.60. The first-order valence-electron chi connectivity index (χ1n) is 17.3. The smallest absolute Gasteiger partial charge is 0.320 e. The molecule has 6 aliphatic rings. The molecule has 6 rings (SSSR count). The number of carbonyl (C=O) groups is 2. The van der Waals surface area contributed by atoms with Crippen LogP contribution in [0.1, 0.15) is 72.6 Å². The molecule has 0 aromatic carbocycles. The summed E-state index contributed by atoms with van der Waals surface area (Å²) in [5.41, 5.74) is 0. The molecule has 2 bridgehead atoms. The summed E-state index contributed by atoms with van der Waals surface area (Å²) in [5, 5.41) is 10.8. The average Bonchev–Trinajstić information content (AvgIpc) is 2.99. The van der Waals surface area contributed by atoms with Crippen LogP contribution in [0, 0.1) is 23.7 Å².